The van der Waals surface area contributed by atoms with Crippen molar-refractivity contribution < 1.29 is 0 Å². The zero-order valence-corrected chi connectivity index (χ0v) is 7.83. The molecule has 0 atom stereocenters. The average molecular weight is 257 g/mol. The summed E-state index contributed by atoms with van der Waals surface area (Å²) in [5.74, 6) is 0. The van der Waals surface area contributed by atoms with Gasteiger partial charge in [0.25, 0.3) is 0 Å². The number of thiazole rings is 1. The molecule has 0 spiro atoms. The molecule has 0 radical (unpaired) electrons. The molecule has 1 heterocycles. The van der Waals surface area contributed by atoms with Gasteiger partial charge in [-0.3, -0.25) is 0 Å². The zero-order chi connectivity index (χ0) is 5.98. The van der Waals surface area contributed by atoms with Crippen LogP contribution in [0.15, 0.2) is 11.6 Å². The van der Waals surface area contributed by atoms with Crippen LogP contribution in [-0.2, 0) is 0 Å². The molecular formula is C4H3Br2NS. The minimum atomic E-state index is 0.218. The largest absolute Gasteiger partial charge is 0.248 e. The minimum absolute atomic E-state index is 0.218. The summed E-state index contributed by atoms with van der Waals surface area (Å²) in [4.78, 5) is 4.04. The van der Waals surface area contributed by atoms with Crippen molar-refractivity contribution in [1.29, 1.82) is 0 Å². The van der Waals surface area contributed by atoms with Crippen molar-refractivity contribution in [3.8, 4) is 0 Å². The van der Waals surface area contributed by atoms with Gasteiger partial charge in [-0.15, -0.1) is 11.3 Å². The van der Waals surface area contributed by atoms with Crippen LogP contribution in [0.3, 0.4) is 0 Å². The number of halogens is 2. The average Bonchev–Trinajstić information content (AvgIpc) is 2.12. The van der Waals surface area contributed by atoms with Gasteiger partial charge < -0.3 is 0 Å². The zero-order valence-electron chi connectivity index (χ0n) is 3.84. The highest BCUT2D eigenvalue weighted by Gasteiger charge is 2.02. The first-order chi connectivity index (χ1) is 3.80. The summed E-state index contributed by atoms with van der Waals surface area (Å²) in [6.07, 6.45) is 1.79. The molecule has 1 aromatic heterocycles. The molecule has 0 amide bonds. The van der Waals surface area contributed by atoms with Gasteiger partial charge in [0.2, 0.25) is 0 Å². The quantitative estimate of drug-likeness (QED) is 0.705. The lowest BCUT2D eigenvalue weighted by Gasteiger charge is -1.89. The Balaban J connectivity index is 2.77. The van der Waals surface area contributed by atoms with E-state index >= 15 is 0 Å². The van der Waals surface area contributed by atoms with Crippen molar-refractivity contribution in [3.63, 3.8) is 0 Å². The maximum Gasteiger partial charge on any atom is 0.121 e. The van der Waals surface area contributed by atoms with E-state index in [0.29, 0.717) is 0 Å². The molecule has 0 bridgehead atoms. The summed E-state index contributed by atoms with van der Waals surface area (Å²) in [7, 11) is 0. The lowest BCUT2D eigenvalue weighted by atomic mass is 10.8. The third kappa shape index (κ3) is 1.53. The number of hydrogen-bond acceptors (Lipinski definition) is 2. The van der Waals surface area contributed by atoms with Gasteiger partial charge in [-0.25, -0.2) is 4.98 Å². The number of alkyl halides is 2. The Labute approximate surface area is 68.4 Å². The second-order valence-electron chi connectivity index (χ2n) is 1.17. The second-order valence-corrected chi connectivity index (χ2v) is 5.16. The smallest absolute Gasteiger partial charge is 0.121 e. The molecular weight excluding hydrogens is 254 g/mol. The Morgan fingerprint density at radius 2 is 2.38 bits per heavy atom. The van der Waals surface area contributed by atoms with E-state index < -0.39 is 0 Å². The predicted octanol–water partition coefficient (Wildman–Crippen LogP) is 2.93. The SMILES string of the molecule is BrC(Br)c1nccs1. The molecule has 0 aliphatic heterocycles. The highest BCUT2D eigenvalue weighted by molar-refractivity contribution is 9.24. The first-order valence-electron chi connectivity index (χ1n) is 1.98. The fourth-order valence-corrected chi connectivity index (χ4v) is 1.71. The summed E-state index contributed by atoms with van der Waals surface area (Å²) in [6, 6.07) is 0. The van der Waals surface area contributed by atoms with E-state index in [2.05, 4.69) is 36.8 Å². The lowest BCUT2D eigenvalue weighted by molar-refractivity contribution is 1.27. The van der Waals surface area contributed by atoms with Crippen molar-refractivity contribution in [2.75, 3.05) is 0 Å². The molecule has 0 aliphatic carbocycles. The van der Waals surface area contributed by atoms with E-state index in [0.717, 1.165) is 5.01 Å². The lowest BCUT2D eigenvalue weighted by Crippen LogP contribution is -1.72. The van der Waals surface area contributed by atoms with Crippen LogP contribution in [-0.4, -0.2) is 4.98 Å². The van der Waals surface area contributed by atoms with Crippen LogP contribution in [0.1, 0.15) is 8.74 Å². The Kier molecular flexibility index (Phi) is 2.46. The third-order valence-electron chi connectivity index (χ3n) is 0.638. The van der Waals surface area contributed by atoms with Crippen LogP contribution in [0.4, 0.5) is 0 Å². The monoisotopic (exact) mass is 255 g/mol. The van der Waals surface area contributed by atoms with Crippen molar-refractivity contribution in [2.24, 2.45) is 0 Å². The predicted molar refractivity (Wildman–Crippen MR) is 42.7 cm³/mol. The highest BCUT2D eigenvalue weighted by atomic mass is 79.9. The van der Waals surface area contributed by atoms with Crippen LogP contribution in [0.5, 0.6) is 0 Å². The third-order valence-corrected chi connectivity index (χ3v) is 2.95. The van der Waals surface area contributed by atoms with Crippen LogP contribution in [0, 0.1) is 0 Å². The molecule has 0 N–H and O–H groups in total. The fourth-order valence-electron chi connectivity index (χ4n) is 0.342. The molecule has 1 rings (SSSR count). The van der Waals surface area contributed by atoms with Gasteiger partial charge in [0.05, 0.1) is 0 Å². The van der Waals surface area contributed by atoms with Gasteiger partial charge >= 0.3 is 0 Å². The molecule has 0 unspecified atom stereocenters. The van der Waals surface area contributed by atoms with Crippen LogP contribution in [0.25, 0.3) is 0 Å². The van der Waals surface area contributed by atoms with Gasteiger partial charge in [-0.2, -0.15) is 0 Å². The molecule has 0 aliphatic rings. The summed E-state index contributed by atoms with van der Waals surface area (Å²) in [5.41, 5.74) is 0. The molecule has 4 heteroatoms. The molecule has 0 fully saturated rings. The molecule has 8 heavy (non-hydrogen) atoms. The van der Waals surface area contributed by atoms with E-state index in [9.17, 15) is 0 Å². The molecule has 0 saturated heterocycles. The van der Waals surface area contributed by atoms with Crippen LogP contribution < -0.4 is 0 Å². The molecule has 0 aromatic carbocycles. The molecule has 1 nitrogen and oxygen atoms in total. The number of rotatable bonds is 1. The maximum atomic E-state index is 4.04. The Hall–Kier alpha value is 0.590. The minimum Gasteiger partial charge on any atom is -0.248 e. The Morgan fingerprint density at radius 3 is 2.62 bits per heavy atom. The highest BCUT2D eigenvalue weighted by Crippen LogP contribution is 2.29. The topological polar surface area (TPSA) is 12.9 Å². The second kappa shape index (κ2) is 2.94. The summed E-state index contributed by atoms with van der Waals surface area (Å²) < 4.78 is 0.218. The molecule has 1 aromatic rings. The summed E-state index contributed by atoms with van der Waals surface area (Å²) in [5, 5.41) is 3.01. The normalized spacial score (nSPS) is 10.4. The molecule has 0 saturated carbocycles. The van der Waals surface area contributed by atoms with Crippen molar-refractivity contribution in [3.05, 3.63) is 16.6 Å². The van der Waals surface area contributed by atoms with E-state index in [1.165, 1.54) is 0 Å². The van der Waals surface area contributed by atoms with Gasteiger partial charge in [-0.1, -0.05) is 31.9 Å². The van der Waals surface area contributed by atoms with Gasteiger partial charge in [-0.05, 0) is 0 Å². The molecule has 44 valence electrons. The fraction of sp³-hybridized carbons (Fsp3) is 0.250. The summed E-state index contributed by atoms with van der Waals surface area (Å²) >= 11 is 8.28. The number of hydrogen-bond donors (Lipinski definition) is 0. The standard InChI is InChI=1S/C4H3Br2NS/c5-3(6)4-7-1-2-8-4/h1-3H. The van der Waals surface area contributed by atoms with E-state index in [4.69, 9.17) is 0 Å². The van der Waals surface area contributed by atoms with Crippen LogP contribution in [0.2, 0.25) is 0 Å². The first kappa shape index (κ1) is 6.71. The van der Waals surface area contributed by atoms with Crippen LogP contribution >= 0.6 is 43.2 Å². The van der Waals surface area contributed by atoms with Gasteiger partial charge in [0.1, 0.15) is 8.74 Å². The Morgan fingerprint density at radius 1 is 1.62 bits per heavy atom. The van der Waals surface area contributed by atoms with E-state index in [1.807, 2.05) is 5.38 Å². The Bertz CT molecular complexity index is 149. The maximum absolute atomic E-state index is 4.04. The number of aromatic nitrogens is 1. The van der Waals surface area contributed by atoms with E-state index in [1.54, 1.807) is 17.5 Å². The van der Waals surface area contributed by atoms with Gasteiger partial charge in [0.15, 0.2) is 0 Å². The first-order valence-corrected chi connectivity index (χ1v) is 4.69. The van der Waals surface area contributed by atoms with E-state index in [-0.39, 0.29) is 3.74 Å². The van der Waals surface area contributed by atoms with Crippen molar-refractivity contribution in [2.45, 2.75) is 3.74 Å². The van der Waals surface area contributed by atoms with Crippen molar-refractivity contribution in [1.82, 2.24) is 4.98 Å². The van der Waals surface area contributed by atoms with Gasteiger partial charge in [0, 0.05) is 11.6 Å². The summed E-state index contributed by atoms with van der Waals surface area (Å²) in [6.45, 7) is 0. The van der Waals surface area contributed by atoms with Crippen molar-refractivity contribution >= 4 is 43.2 Å². The number of nitrogens with zero attached hydrogens (tertiary/aromatic N) is 1.